The van der Waals surface area contributed by atoms with Crippen molar-refractivity contribution >= 4 is 0 Å². The summed E-state index contributed by atoms with van der Waals surface area (Å²) >= 11 is 0. The van der Waals surface area contributed by atoms with Crippen molar-refractivity contribution in [3.05, 3.63) is 0 Å². The lowest BCUT2D eigenvalue weighted by molar-refractivity contribution is -0.188. The van der Waals surface area contributed by atoms with Crippen LogP contribution in [-0.4, -0.2) is 31.5 Å². The SMILES string of the molecule is CC(C)(C)CCNC1CCCC(OCC(F)(F)F)C1. The van der Waals surface area contributed by atoms with E-state index in [9.17, 15) is 13.2 Å². The molecule has 0 aromatic rings. The minimum Gasteiger partial charge on any atom is -0.369 e. The van der Waals surface area contributed by atoms with E-state index in [0.717, 1.165) is 32.2 Å². The second kappa shape index (κ2) is 6.93. The molecule has 0 bridgehead atoms. The fraction of sp³-hybridized carbons (Fsp3) is 1.00. The van der Waals surface area contributed by atoms with Gasteiger partial charge < -0.3 is 10.1 Å². The third kappa shape index (κ3) is 8.47. The van der Waals surface area contributed by atoms with E-state index in [1.807, 2.05) is 0 Å². The van der Waals surface area contributed by atoms with Crippen molar-refractivity contribution in [1.82, 2.24) is 5.32 Å². The molecule has 0 spiro atoms. The van der Waals surface area contributed by atoms with Crippen LogP contribution < -0.4 is 5.32 Å². The molecule has 1 N–H and O–H groups in total. The minimum absolute atomic E-state index is 0.248. The van der Waals surface area contributed by atoms with Crippen molar-refractivity contribution in [3.63, 3.8) is 0 Å². The van der Waals surface area contributed by atoms with Crippen LogP contribution in [0.4, 0.5) is 13.2 Å². The molecular formula is C14H26F3NO. The average molecular weight is 281 g/mol. The molecule has 1 aliphatic carbocycles. The van der Waals surface area contributed by atoms with E-state index in [1.54, 1.807) is 0 Å². The Balaban J connectivity index is 2.22. The van der Waals surface area contributed by atoms with Crippen LogP contribution in [0.3, 0.4) is 0 Å². The molecule has 0 amide bonds. The van der Waals surface area contributed by atoms with Crippen LogP contribution >= 0.6 is 0 Å². The molecule has 1 aliphatic rings. The smallest absolute Gasteiger partial charge is 0.369 e. The zero-order valence-electron chi connectivity index (χ0n) is 12.1. The topological polar surface area (TPSA) is 21.3 Å². The highest BCUT2D eigenvalue weighted by atomic mass is 19.4. The Labute approximate surface area is 114 Å². The van der Waals surface area contributed by atoms with Crippen molar-refractivity contribution in [3.8, 4) is 0 Å². The molecule has 5 heteroatoms. The number of halogens is 3. The monoisotopic (exact) mass is 281 g/mol. The van der Waals surface area contributed by atoms with E-state index in [0.29, 0.717) is 12.5 Å². The van der Waals surface area contributed by atoms with Gasteiger partial charge in [-0.05, 0) is 44.1 Å². The summed E-state index contributed by atoms with van der Waals surface area (Å²) < 4.78 is 41.3. The number of nitrogens with one attached hydrogen (secondary N) is 1. The van der Waals surface area contributed by atoms with Gasteiger partial charge in [-0.3, -0.25) is 0 Å². The summed E-state index contributed by atoms with van der Waals surface area (Å²) in [6.07, 6.45) is 0.0199. The second-order valence-corrected chi connectivity index (χ2v) is 6.68. The molecule has 0 heterocycles. The van der Waals surface area contributed by atoms with Crippen LogP contribution in [0.5, 0.6) is 0 Å². The van der Waals surface area contributed by atoms with Gasteiger partial charge in [0, 0.05) is 6.04 Å². The van der Waals surface area contributed by atoms with Gasteiger partial charge in [0.15, 0.2) is 0 Å². The fourth-order valence-corrected chi connectivity index (χ4v) is 2.35. The molecule has 0 aromatic heterocycles. The summed E-state index contributed by atoms with van der Waals surface area (Å²) in [6, 6.07) is 0.300. The van der Waals surface area contributed by atoms with E-state index < -0.39 is 12.8 Å². The van der Waals surface area contributed by atoms with Crippen molar-refractivity contribution in [2.75, 3.05) is 13.2 Å². The van der Waals surface area contributed by atoms with Crippen LogP contribution in [0.2, 0.25) is 0 Å². The van der Waals surface area contributed by atoms with Crippen molar-refractivity contribution < 1.29 is 17.9 Å². The summed E-state index contributed by atoms with van der Waals surface area (Å²) in [5.74, 6) is 0. The van der Waals surface area contributed by atoms with Crippen molar-refractivity contribution in [2.45, 2.75) is 71.2 Å². The second-order valence-electron chi connectivity index (χ2n) is 6.68. The Bertz CT molecular complexity index is 260. The largest absolute Gasteiger partial charge is 0.411 e. The van der Waals surface area contributed by atoms with Crippen LogP contribution in [0.15, 0.2) is 0 Å². The number of ether oxygens (including phenoxy) is 1. The van der Waals surface area contributed by atoms with Gasteiger partial charge in [-0.15, -0.1) is 0 Å². The molecular weight excluding hydrogens is 255 g/mol. The average Bonchev–Trinajstić information content (AvgIpc) is 2.24. The van der Waals surface area contributed by atoms with E-state index in [4.69, 9.17) is 4.74 Å². The molecule has 2 atom stereocenters. The first-order valence-corrected chi connectivity index (χ1v) is 7.07. The summed E-state index contributed by atoms with van der Waals surface area (Å²) in [5, 5.41) is 3.44. The number of alkyl halides is 3. The highest BCUT2D eigenvalue weighted by Gasteiger charge is 2.31. The Morgan fingerprint density at radius 2 is 1.84 bits per heavy atom. The normalized spacial score (nSPS) is 25.6. The summed E-state index contributed by atoms with van der Waals surface area (Å²) in [4.78, 5) is 0. The lowest BCUT2D eigenvalue weighted by Gasteiger charge is -2.31. The lowest BCUT2D eigenvalue weighted by atomic mass is 9.90. The quantitative estimate of drug-likeness (QED) is 0.825. The molecule has 1 rings (SSSR count). The minimum atomic E-state index is -4.22. The van der Waals surface area contributed by atoms with E-state index in [1.165, 1.54) is 0 Å². The summed E-state index contributed by atoms with van der Waals surface area (Å²) in [6.45, 7) is 6.35. The Morgan fingerprint density at radius 1 is 1.16 bits per heavy atom. The van der Waals surface area contributed by atoms with E-state index in [-0.39, 0.29) is 11.5 Å². The lowest BCUT2D eigenvalue weighted by Crippen LogP contribution is -2.39. The zero-order chi connectivity index (χ0) is 14.5. The third-order valence-corrected chi connectivity index (χ3v) is 3.42. The van der Waals surface area contributed by atoms with Gasteiger partial charge in [-0.2, -0.15) is 13.2 Å². The first kappa shape index (κ1) is 16.8. The Morgan fingerprint density at radius 3 is 2.42 bits per heavy atom. The van der Waals surface area contributed by atoms with Gasteiger partial charge in [-0.25, -0.2) is 0 Å². The van der Waals surface area contributed by atoms with E-state index >= 15 is 0 Å². The molecule has 2 unspecified atom stereocenters. The number of hydrogen-bond donors (Lipinski definition) is 1. The van der Waals surface area contributed by atoms with Crippen molar-refractivity contribution in [2.24, 2.45) is 5.41 Å². The Kier molecular flexibility index (Phi) is 6.12. The molecule has 0 aliphatic heterocycles. The van der Waals surface area contributed by atoms with Gasteiger partial charge in [0.2, 0.25) is 0 Å². The fourth-order valence-electron chi connectivity index (χ4n) is 2.35. The van der Waals surface area contributed by atoms with Crippen LogP contribution in [0.25, 0.3) is 0 Å². The first-order chi connectivity index (χ1) is 8.66. The highest BCUT2D eigenvalue weighted by Crippen LogP contribution is 2.24. The van der Waals surface area contributed by atoms with Crippen LogP contribution in [0, 0.1) is 5.41 Å². The molecule has 2 nitrogen and oxygen atoms in total. The highest BCUT2D eigenvalue weighted by molar-refractivity contribution is 4.79. The number of rotatable bonds is 5. The van der Waals surface area contributed by atoms with Gasteiger partial charge in [0.1, 0.15) is 6.61 Å². The van der Waals surface area contributed by atoms with Crippen molar-refractivity contribution in [1.29, 1.82) is 0 Å². The molecule has 0 aromatic carbocycles. The molecule has 0 saturated heterocycles. The maximum absolute atomic E-state index is 12.1. The maximum atomic E-state index is 12.1. The predicted molar refractivity (Wildman–Crippen MR) is 70.1 cm³/mol. The molecule has 1 saturated carbocycles. The van der Waals surface area contributed by atoms with Crippen LogP contribution in [-0.2, 0) is 4.74 Å². The summed E-state index contributed by atoms with van der Waals surface area (Å²) in [5.41, 5.74) is 0.286. The summed E-state index contributed by atoms with van der Waals surface area (Å²) in [7, 11) is 0. The Hall–Kier alpha value is -0.290. The molecule has 19 heavy (non-hydrogen) atoms. The molecule has 1 fully saturated rings. The standard InChI is InChI=1S/C14H26F3NO/c1-13(2,3)7-8-18-11-5-4-6-12(9-11)19-10-14(15,16)17/h11-12,18H,4-10H2,1-3H3. The van der Waals surface area contributed by atoms with Gasteiger partial charge in [0.25, 0.3) is 0 Å². The zero-order valence-corrected chi connectivity index (χ0v) is 12.1. The van der Waals surface area contributed by atoms with Crippen LogP contribution in [0.1, 0.15) is 52.9 Å². The molecule has 0 radical (unpaired) electrons. The van der Waals surface area contributed by atoms with Gasteiger partial charge in [0.05, 0.1) is 6.10 Å². The predicted octanol–water partition coefficient (Wildman–Crippen LogP) is 3.90. The first-order valence-electron chi connectivity index (χ1n) is 7.07. The van der Waals surface area contributed by atoms with E-state index in [2.05, 4.69) is 26.1 Å². The maximum Gasteiger partial charge on any atom is 0.411 e. The third-order valence-electron chi connectivity index (χ3n) is 3.42. The number of hydrogen-bond acceptors (Lipinski definition) is 2. The molecule has 114 valence electrons. The van der Waals surface area contributed by atoms with Gasteiger partial charge >= 0.3 is 6.18 Å². The van der Waals surface area contributed by atoms with Gasteiger partial charge in [-0.1, -0.05) is 20.8 Å².